The molecule has 0 fully saturated rings. The molecule has 0 saturated carbocycles. The van der Waals surface area contributed by atoms with Gasteiger partial charge in [-0.25, -0.2) is 4.98 Å². The number of rotatable bonds is 12. The van der Waals surface area contributed by atoms with E-state index in [0.717, 1.165) is 61.8 Å². The molecule has 25 heavy (non-hydrogen) atoms. The predicted molar refractivity (Wildman–Crippen MR) is 101 cm³/mol. The number of nitrogens with one attached hydrogen (secondary N) is 2. The van der Waals surface area contributed by atoms with Crippen molar-refractivity contribution < 1.29 is 9.84 Å². The molecule has 0 unspecified atom stereocenters. The molecular weight excluding hydrogens is 318 g/mol. The van der Waals surface area contributed by atoms with Crippen LogP contribution in [-0.2, 0) is 17.9 Å². The molecule has 0 amide bonds. The third-order valence-corrected chi connectivity index (χ3v) is 3.80. The van der Waals surface area contributed by atoms with E-state index in [0.29, 0.717) is 12.2 Å². The molecule has 0 bridgehead atoms. The Morgan fingerprint density at radius 1 is 1.36 bits per heavy atom. The van der Waals surface area contributed by atoms with Crippen LogP contribution < -0.4 is 16.4 Å². The summed E-state index contributed by atoms with van der Waals surface area (Å²) >= 11 is 0. The maximum absolute atomic E-state index is 9.35. The van der Waals surface area contributed by atoms with Gasteiger partial charge in [-0.05, 0) is 37.6 Å². The maximum Gasteiger partial charge on any atom is 0.204 e. The van der Waals surface area contributed by atoms with Gasteiger partial charge in [0.2, 0.25) is 5.95 Å². The Morgan fingerprint density at radius 3 is 2.92 bits per heavy atom. The van der Waals surface area contributed by atoms with E-state index < -0.39 is 0 Å². The van der Waals surface area contributed by atoms with Crippen molar-refractivity contribution in [3.8, 4) is 0 Å². The number of ether oxygens (including phenoxy) is 1. The van der Waals surface area contributed by atoms with Crippen molar-refractivity contribution in [2.24, 2.45) is 5.73 Å². The summed E-state index contributed by atoms with van der Waals surface area (Å²) in [5, 5.41) is 16.1. The molecular formula is C18H29N5O2. The SMILES string of the molecule is C=C(N)Cn1c(NCCCNCCOCC)nc2ccc(CO)cc21. The molecule has 0 aliphatic carbocycles. The smallest absolute Gasteiger partial charge is 0.204 e. The van der Waals surface area contributed by atoms with E-state index in [1.165, 1.54) is 0 Å². The number of aromatic nitrogens is 2. The molecule has 1 aromatic heterocycles. The normalized spacial score (nSPS) is 11.1. The zero-order valence-corrected chi connectivity index (χ0v) is 14.9. The fourth-order valence-electron chi connectivity index (χ4n) is 2.59. The van der Waals surface area contributed by atoms with Crippen LogP contribution in [-0.4, -0.2) is 47.5 Å². The highest BCUT2D eigenvalue weighted by Gasteiger charge is 2.11. The van der Waals surface area contributed by atoms with Crippen LogP contribution in [0.4, 0.5) is 5.95 Å². The first-order valence-electron chi connectivity index (χ1n) is 8.71. The number of anilines is 1. The highest BCUT2D eigenvalue weighted by molar-refractivity contribution is 5.79. The summed E-state index contributed by atoms with van der Waals surface area (Å²) in [5.74, 6) is 0.769. The van der Waals surface area contributed by atoms with Gasteiger partial charge in [0, 0.05) is 25.4 Å². The first-order valence-corrected chi connectivity index (χ1v) is 8.71. The second kappa shape index (κ2) is 10.0. The Kier molecular flexibility index (Phi) is 7.72. The standard InChI is InChI=1S/C18H29N5O2/c1-3-25-10-9-20-7-4-8-21-18-22-16-6-5-15(13-24)11-17(16)23(18)12-14(2)19/h5-6,11,20,24H,2-4,7-10,12-13,19H2,1H3,(H,21,22). The lowest BCUT2D eigenvalue weighted by Gasteiger charge is -2.11. The molecule has 138 valence electrons. The quantitative estimate of drug-likeness (QED) is 0.434. The summed E-state index contributed by atoms with van der Waals surface area (Å²) in [4.78, 5) is 4.63. The molecule has 0 radical (unpaired) electrons. The number of aliphatic hydroxyl groups excluding tert-OH is 1. The van der Waals surface area contributed by atoms with Crippen LogP contribution in [0.1, 0.15) is 18.9 Å². The monoisotopic (exact) mass is 347 g/mol. The predicted octanol–water partition coefficient (Wildman–Crippen LogP) is 1.43. The van der Waals surface area contributed by atoms with E-state index in [2.05, 4.69) is 22.2 Å². The van der Waals surface area contributed by atoms with E-state index >= 15 is 0 Å². The van der Waals surface area contributed by atoms with Crippen LogP contribution in [0.5, 0.6) is 0 Å². The van der Waals surface area contributed by atoms with Crippen molar-refractivity contribution in [3.63, 3.8) is 0 Å². The lowest BCUT2D eigenvalue weighted by atomic mass is 10.2. The highest BCUT2D eigenvalue weighted by atomic mass is 16.5. The molecule has 2 aromatic rings. The van der Waals surface area contributed by atoms with E-state index in [1.807, 2.05) is 29.7 Å². The number of imidazole rings is 1. The fraction of sp³-hybridized carbons (Fsp3) is 0.500. The van der Waals surface area contributed by atoms with E-state index in [4.69, 9.17) is 10.5 Å². The lowest BCUT2D eigenvalue weighted by Crippen LogP contribution is -2.23. The van der Waals surface area contributed by atoms with Gasteiger partial charge in [-0.3, -0.25) is 0 Å². The average Bonchev–Trinajstić information content (AvgIpc) is 2.93. The van der Waals surface area contributed by atoms with Crippen molar-refractivity contribution in [1.29, 1.82) is 0 Å². The Bertz CT molecular complexity index is 683. The minimum absolute atomic E-state index is 0.000861. The number of hydrogen-bond donors (Lipinski definition) is 4. The molecule has 0 aliphatic rings. The third-order valence-electron chi connectivity index (χ3n) is 3.80. The Balaban J connectivity index is 1.96. The summed E-state index contributed by atoms with van der Waals surface area (Å²) in [7, 11) is 0. The van der Waals surface area contributed by atoms with Gasteiger partial charge in [-0.2, -0.15) is 0 Å². The van der Waals surface area contributed by atoms with Gasteiger partial charge in [0.05, 0.1) is 30.8 Å². The average molecular weight is 347 g/mol. The molecule has 0 saturated heterocycles. The highest BCUT2D eigenvalue weighted by Crippen LogP contribution is 2.22. The van der Waals surface area contributed by atoms with Crippen LogP contribution in [0.25, 0.3) is 11.0 Å². The molecule has 2 rings (SSSR count). The van der Waals surface area contributed by atoms with Crippen LogP contribution in [0, 0.1) is 0 Å². The minimum Gasteiger partial charge on any atom is -0.401 e. The number of allylic oxidation sites excluding steroid dienone is 1. The number of aliphatic hydroxyl groups is 1. The van der Waals surface area contributed by atoms with E-state index in [-0.39, 0.29) is 6.61 Å². The summed E-state index contributed by atoms with van der Waals surface area (Å²) < 4.78 is 7.28. The Labute approximate surface area is 148 Å². The van der Waals surface area contributed by atoms with Crippen molar-refractivity contribution in [1.82, 2.24) is 14.9 Å². The van der Waals surface area contributed by atoms with Gasteiger partial charge >= 0.3 is 0 Å². The number of nitrogens with zero attached hydrogens (tertiary/aromatic N) is 2. The zero-order valence-electron chi connectivity index (χ0n) is 14.9. The van der Waals surface area contributed by atoms with Crippen LogP contribution in [0.15, 0.2) is 30.5 Å². The van der Waals surface area contributed by atoms with Crippen LogP contribution in [0.3, 0.4) is 0 Å². The van der Waals surface area contributed by atoms with Gasteiger partial charge in [0.15, 0.2) is 0 Å². The molecule has 0 spiro atoms. The second-order valence-electron chi connectivity index (χ2n) is 5.89. The van der Waals surface area contributed by atoms with Gasteiger partial charge in [0.25, 0.3) is 0 Å². The minimum atomic E-state index is 0.000861. The summed E-state index contributed by atoms with van der Waals surface area (Å²) in [6.07, 6.45) is 0.973. The fourth-order valence-corrected chi connectivity index (χ4v) is 2.59. The van der Waals surface area contributed by atoms with Gasteiger partial charge < -0.3 is 30.8 Å². The molecule has 7 heteroatoms. The number of nitrogens with two attached hydrogens (primary N) is 1. The maximum atomic E-state index is 9.35. The molecule has 1 aromatic carbocycles. The summed E-state index contributed by atoms with van der Waals surface area (Å²) in [6.45, 7) is 10.4. The first-order chi connectivity index (χ1) is 12.2. The Morgan fingerprint density at radius 2 is 2.20 bits per heavy atom. The van der Waals surface area contributed by atoms with Crippen LogP contribution in [0.2, 0.25) is 0 Å². The molecule has 5 N–H and O–H groups in total. The molecule has 0 atom stereocenters. The Hall–Kier alpha value is -2.09. The van der Waals surface area contributed by atoms with Crippen molar-refractivity contribution >= 4 is 17.0 Å². The van der Waals surface area contributed by atoms with Crippen LogP contribution >= 0.6 is 0 Å². The molecule has 0 aliphatic heterocycles. The van der Waals surface area contributed by atoms with Gasteiger partial charge in [-0.15, -0.1) is 0 Å². The van der Waals surface area contributed by atoms with E-state index in [1.54, 1.807) is 0 Å². The number of fused-ring (bicyclic) bond motifs is 1. The second-order valence-corrected chi connectivity index (χ2v) is 5.89. The number of benzene rings is 1. The molecule has 1 heterocycles. The van der Waals surface area contributed by atoms with Crippen molar-refractivity contribution in [3.05, 3.63) is 36.0 Å². The van der Waals surface area contributed by atoms with Crippen molar-refractivity contribution in [2.45, 2.75) is 26.5 Å². The lowest BCUT2D eigenvalue weighted by molar-refractivity contribution is 0.149. The topological polar surface area (TPSA) is 97.4 Å². The van der Waals surface area contributed by atoms with E-state index in [9.17, 15) is 5.11 Å². The first kappa shape index (κ1) is 19.2. The van der Waals surface area contributed by atoms with Gasteiger partial charge in [-0.1, -0.05) is 12.6 Å². The molecule has 7 nitrogen and oxygen atoms in total. The van der Waals surface area contributed by atoms with Crippen molar-refractivity contribution in [2.75, 3.05) is 38.2 Å². The largest absolute Gasteiger partial charge is 0.401 e. The number of hydrogen-bond acceptors (Lipinski definition) is 6. The summed E-state index contributed by atoms with van der Waals surface area (Å²) in [6, 6.07) is 5.73. The third kappa shape index (κ3) is 5.74. The summed E-state index contributed by atoms with van der Waals surface area (Å²) in [5.41, 5.74) is 9.03. The zero-order chi connectivity index (χ0) is 18.1. The van der Waals surface area contributed by atoms with Gasteiger partial charge in [0.1, 0.15) is 0 Å².